The summed E-state index contributed by atoms with van der Waals surface area (Å²) in [5.74, 6) is -0.556. The third-order valence-corrected chi connectivity index (χ3v) is 1.52. The lowest BCUT2D eigenvalue weighted by Gasteiger charge is -2.04. The molecule has 0 radical (unpaired) electrons. The first-order valence-electron chi connectivity index (χ1n) is 4.97. The fourth-order valence-corrected chi connectivity index (χ4v) is 0.868. The van der Waals surface area contributed by atoms with Gasteiger partial charge in [-0.3, -0.25) is 9.59 Å². The number of esters is 2. The van der Waals surface area contributed by atoms with Crippen LogP contribution in [0.2, 0.25) is 0 Å². The Bertz CT molecular complexity index is 170. The van der Waals surface area contributed by atoms with Gasteiger partial charge < -0.3 is 14.2 Å². The minimum absolute atomic E-state index is 0.259. The van der Waals surface area contributed by atoms with Gasteiger partial charge in [-0.1, -0.05) is 0 Å². The van der Waals surface area contributed by atoms with E-state index in [1.807, 2.05) is 0 Å². The molecule has 0 spiro atoms. The Morgan fingerprint density at radius 3 is 1.93 bits per heavy atom. The highest BCUT2D eigenvalue weighted by Crippen LogP contribution is 1.92. The van der Waals surface area contributed by atoms with E-state index in [0.717, 1.165) is 12.8 Å². The second-order valence-electron chi connectivity index (χ2n) is 3.00. The van der Waals surface area contributed by atoms with E-state index >= 15 is 0 Å². The molecule has 0 fully saturated rings. The van der Waals surface area contributed by atoms with E-state index in [0.29, 0.717) is 26.4 Å². The number of unbranched alkanes of at least 4 members (excludes halogenated alkanes) is 1. The van der Waals surface area contributed by atoms with Crippen molar-refractivity contribution in [1.29, 1.82) is 0 Å². The summed E-state index contributed by atoms with van der Waals surface area (Å²) < 4.78 is 14.6. The predicted molar refractivity (Wildman–Crippen MR) is 53.3 cm³/mol. The standard InChI is InChI=1S/C10H18O5/c1-9(11)14-6-4-3-5-13-7-8-15-10(2)12/h3-8H2,1-2H3. The maximum atomic E-state index is 10.4. The quantitative estimate of drug-likeness (QED) is 0.447. The lowest BCUT2D eigenvalue weighted by molar-refractivity contribution is -0.142. The highest BCUT2D eigenvalue weighted by atomic mass is 16.6. The van der Waals surface area contributed by atoms with Crippen molar-refractivity contribution in [1.82, 2.24) is 0 Å². The average Bonchev–Trinajstić information content (AvgIpc) is 2.14. The minimum Gasteiger partial charge on any atom is -0.466 e. The summed E-state index contributed by atoms with van der Waals surface area (Å²) in [6.45, 7) is 4.46. The van der Waals surface area contributed by atoms with Crippen LogP contribution < -0.4 is 0 Å². The third kappa shape index (κ3) is 12.9. The lowest BCUT2D eigenvalue weighted by atomic mass is 10.3. The van der Waals surface area contributed by atoms with Crippen LogP contribution in [-0.2, 0) is 23.8 Å². The molecule has 88 valence electrons. The van der Waals surface area contributed by atoms with E-state index in [1.165, 1.54) is 13.8 Å². The molecular formula is C10H18O5. The zero-order valence-electron chi connectivity index (χ0n) is 9.28. The van der Waals surface area contributed by atoms with Gasteiger partial charge in [0.05, 0.1) is 13.2 Å². The average molecular weight is 218 g/mol. The molecule has 0 aromatic rings. The van der Waals surface area contributed by atoms with Crippen molar-refractivity contribution in [3.63, 3.8) is 0 Å². The fourth-order valence-electron chi connectivity index (χ4n) is 0.868. The van der Waals surface area contributed by atoms with Gasteiger partial charge >= 0.3 is 11.9 Å². The first-order chi connectivity index (χ1) is 7.13. The second kappa shape index (κ2) is 9.45. The zero-order chi connectivity index (χ0) is 11.5. The van der Waals surface area contributed by atoms with E-state index in [1.54, 1.807) is 0 Å². The molecular weight excluding hydrogens is 200 g/mol. The molecule has 0 aliphatic heterocycles. The molecule has 0 heterocycles. The first-order valence-corrected chi connectivity index (χ1v) is 4.97. The third-order valence-electron chi connectivity index (χ3n) is 1.52. The molecule has 5 heteroatoms. The molecule has 5 nitrogen and oxygen atoms in total. The van der Waals surface area contributed by atoms with Crippen LogP contribution in [0.4, 0.5) is 0 Å². The Morgan fingerprint density at radius 2 is 1.33 bits per heavy atom. The van der Waals surface area contributed by atoms with Crippen molar-refractivity contribution in [2.24, 2.45) is 0 Å². The highest BCUT2D eigenvalue weighted by Gasteiger charge is 1.95. The summed E-state index contributed by atoms with van der Waals surface area (Å²) >= 11 is 0. The van der Waals surface area contributed by atoms with E-state index in [-0.39, 0.29) is 11.9 Å². The minimum atomic E-state index is -0.298. The van der Waals surface area contributed by atoms with E-state index < -0.39 is 0 Å². The van der Waals surface area contributed by atoms with E-state index in [2.05, 4.69) is 4.74 Å². The highest BCUT2D eigenvalue weighted by molar-refractivity contribution is 5.66. The van der Waals surface area contributed by atoms with Crippen LogP contribution >= 0.6 is 0 Å². The molecule has 0 amide bonds. The SMILES string of the molecule is CC(=O)OCCCCOCCOC(C)=O. The molecule has 0 saturated carbocycles. The van der Waals surface area contributed by atoms with Gasteiger partial charge in [-0.2, -0.15) is 0 Å². The van der Waals surface area contributed by atoms with Crippen LogP contribution in [-0.4, -0.2) is 38.4 Å². The Morgan fingerprint density at radius 1 is 0.800 bits per heavy atom. The number of rotatable bonds is 8. The molecule has 0 aromatic heterocycles. The Kier molecular flexibility index (Phi) is 8.76. The molecule has 0 aliphatic carbocycles. The first kappa shape index (κ1) is 13.9. The Balaban J connectivity index is 2.99. The van der Waals surface area contributed by atoms with Gasteiger partial charge in [0.15, 0.2) is 0 Å². The maximum absolute atomic E-state index is 10.4. The zero-order valence-corrected chi connectivity index (χ0v) is 9.28. The fraction of sp³-hybridized carbons (Fsp3) is 0.800. The molecule has 0 saturated heterocycles. The van der Waals surface area contributed by atoms with Gasteiger partial charge in [0.2, 0.25) is 0 Å². The van der Waals surface area contributed by atoms with Crippen LogP contribution in [0.1, 0.15) is 26.7 Å². The van der Waals surface area contributed by atoms with Crippen LogP contribution in [0, 0.1) is 0 Å². The molecule has 0 aromatic carbocycles. The van der Waals surface area contributed by atoms with Gasteiger partial charge in [-0.05, 0) is 12.8 Å². The molecule has 0 bridgehead atoms. The molecule has 0 unspecified atom stereocenters. The molecule has 0 aliphatic rings. The number of hydrogen-bond acceptors (Lipinski definition) is 5. The van der Waals surface area contributed by atoms with Crippen molar-refractivity contribution in [3.8, 4) is 0 Å². The topological polar surface area (TPSA) is 61.8 Å². The predicted octanol–water partition coefficient (Wildman–Crippen LogP) is 0.909. The van der Waals surface area contributed by atoms with Crippen molar-refractivity contribution in [3.05, 3.63) is 0 Å². The summed E-state index contributed by atoms with van der Waals surface area (Å²) in [5, 5.41) is 0. The maximum Gasteiger partial charge on any atom is 0.302 e. The number of ether oxygens (including phenoxy) is 3. The molecule has 15 heavy (non-hydrogen) atoms. The Labute approximate surface area is 89.7 Å². The van der Waals surface area contributed by atoms with Gasteiger partial charge in [0.1, 0.15) is 6.61 Å². The normalized spacial score (nSPS) is 9.73. The van der Waals surface area contributed by atoms with E-state index in [9.17, 15) is 9.59 Å². The number of carbonyl (C=O) groups excluding carboxylic acids is 2. The summed E-state index contributed by atoms with van der Waals surface area (Å²) in [4.78, 5) is 20.7. The molecule has 0 atom stereocenters. The number of carbonyl (C=O) groups is 2. The van der Waals surface area contributed by atoms with Crippen molar-refractivity contribution < 1.29 is 23.8 Å². The second-order valence-corrected chi connectivity index (χ2v) is 3.00. The van der Waals surface area contributed by atoms with Crippen molar-refractivity contribution in [2.75, 3.05) is 26.4 Å². The van der Waals surface area contributed by atoms with Crippen molar-refractivity contribution >= 4 is 11.9 Å². The van der Waals surface area contributed by atoms with Gasteiger partial charge in [-0.15, -0.1) is 0 Å². The summed E-state index contributed by atoms with van der Waals surface area (Å²) in [6.07, 6.45) is 1.61. The van der Waals surface area contributed by atoms with Gasteiger partial charge in [-0.25, -0.2) is 0 Å². The van der Waals surface area contributed by atoms with Crippen LogP contribution in [0.25, 0.3) is 0 Å². The summed E-state index contributed by atoms with van der Waals surface area (Å²) in [5.41, 5.74) is 0. The van der Waals surface area contributed by atoms with Crippen LogP contribution in [0.3, 0.4) is 0 Å². The molecule has 0 rings (SSSR count). The number of hydrogen-bond donors (Lipinski definition) is 0. The monoisotopic (exact) mass is 218 g/mol. The molecule has 0 N–H and O–H groups in total. The van der Waals surface area contributed by atoms with Gasteiger partial charge in [0, 0.05) is 20.5 Å². The smallest absolute Gasteiger partial charge is 0.302 e. The summed E-state index contributed by atoms with van der Waals surface area (Å²) in [6, 6.07) is 0. The van der Waals surface area contributed by atoms with Crippen LogP contribution in [0.15, 0.2) is 0 Å². The lowest BCUT2D eigenvalue weighted by Crippen LogP contribution is -2.08. The van der Waals surface area contributed by atoms with Gasteiger partial charge in [0.25, 0.3) is 0 Å². The van der Waals surface area contributed by atoms with Crippen LogP contribution in [0.5, 0.6) is 0 Å². The van der Waals surface area contributed by atoms with Crippen molar-refractivity contribution in [2.45, 2.75) is 26.7 Å². The largest absolute Gasteiger partial charge is 0.466 e. The Hall–Kier alpha value is -1.10. The summed E-state index contributed by atoms with van der Waals surface area (Å²) in [7, 11) is 0. The van der Waals surface area contributed by atoms with E-state index in [4.69, 9.17) is 9.47 Å².